The van der Waals surface area contributed by atoms with E-state index in [2.05, 4.69) is 21.3 Å². The Bertz CT molecular complexity index is 1110. The minimum Gasteiger partial charge on any atom is -0.368 e. The highest BCUT2D eigenvalue weighted by Crippen LogP contribution is 2.21. The maximum absolute atomic E-state index is 12.5. The third-order valence-electron chi connectivity index (χ3n) is 5.70. The first-order valence-corrected chi connectivity index (χ1v) is 11.1. The predicted octanol–water partition coefficient (Wildman–Crippen LogP) is 3.35. The van der Waals surface area contributed by atoms with Crippen molar-refractivity contribution in [3.05, 3.63) is 63.9 Å². The van der Waals surface area contributed by atoms with Crippen LogP contribution in [0.15, 0.2) is 53.3 Å². The van der Waals surface area contributed by atoms with Crippen LogP contribution in [0.3, 0.4) is 0 Å². The van der Waals surface area contributed by atoms with Gasteiger partial charge in [-0.3, -0.25) is 9.59 Å². The summed E-state index contributed by atoms with van der Waals surface area (Å²) in [6, 6.07) is 15.1. The maximum Gasteiger partial charge on any atom is 0.277 e. The van der Waals surface area contributed by atoms with Crippen LogP contribution in [0.25, 0.3) is 10.9 Å². The molecule has 0 bridgehead atoms. The number of unbranched alkanes of at least 4 members (excludes halogenated alkanes) is 2. The normalized spacial score (nSPS) is 14.2. The number of aryl methyl sites for hydroxylation is 1. The first kappa shape index (κ1) is 21.3. The van der Waals surface area contributed by atoms with Gasteiger partial charge in [0.1, 0.15) is 5.52 Å². The summed E-state index contributed by atoms with van der Waals surface area (Å²) in [5.74, 6) is 0.202. The molecule has 4 rings (SSSR count). The van der Waals surface area contributed by atoms with Crippen molar-refractivity contribution in [1.82, 2.24) is 19.9 Å². The molecule has 0 atom stereocenters. The average Bonchev–Trinajstić information content (AvgIpc) is 2.80. The van der Waals surface area contributed by atoms with Crippen molar-refractivity contribution in [2.45, 2.75) is 32.2 Å². The summed E-state index contributed by atoms with van der Waals surface area (Å²) in [6.07, 6.45) is 3.01. The number of piperazine rings is 1. The number of hydrogen-bond acceptors (Lipinski definition) is 5. The molecule has 1 aromatic heterocycles. The molecule has 0 spiro atoms. The molecule has 1 aliphatic heterocycles. The number of hydrogen-bond donors (Lipinski definition) is 0. The van der Waals surface area contributed by atoms with Crippen molar-refractivity contribution in [3.8, 4) is 0 Å². The molecule has 3 aromatic rings. The van der Waals surface area contributed by atoms with Crippen LogP contribution in [0.1, 0.15) is 25.7 Å². The number of amides is 1. The number of aromatic nitrogens is 3. The zero-order valence-electron chi connectivity index (χ0n) is 17.4. The van der Waals surface area contributed by atoms with Gasteiger partial charge in [-0.25, -0.2) is 4.68 Å². The second-order valence-corrected chi connectivity index (χ2v) is 8.23. The summed E-state index contributed by atoms with van der Waals surface area (Å²) in [5, 5.41) is 9.44. The number of anilines is 1. The van der Waals surface area contributed by atoms with Gasteiger partial charge in [-0.1, -0.05) is 41.4 Å². The molecule has 0 unspecified atom stereocenters. The third kappa shape index (κ3) is 5.22. The van der Waals surface area contributed by atoms with E-state index in [1.807, 2.05) is 35.2 Å². The lowest BCUT2D eigenvalue weighted by molar-refractivity contribution is -0.131. The van der Waals surface area contributed by atoms with Gasteiger partial charge in [0.25, 0.3) is 5.56 Å². The van der Waals surface area contributed by atoms with Gasteiger partial charge < -0.3 is 9.80 Å². The molecule has 0 saturated carbocycles. The summed E-state index contributed by atoms with van der Waals surface area (Å²) >= 11 is 6.08. The average molecular weight is 440 g/mol. The summed E-state index contributed by atoms with van der Waals surface area (Å²) in [7, 11) is 0. The van der Waals surface area contributed by atoms with Crippen molar-refractivity contribution >= 4 is 34.1 Å². The Morgan fingerprint density at radius 1 is 0.968 bits per heavy atom. The first-order chi connectivity index (χ1) is 15.1. The lowest BCUT2D eigenvalue weighted by Crippen LogP contribution is -2.48. The topological polar surface area (TPSA) is 71.3 Å². The summed E-state index contributed by atoms with van der Waals surface area (Å²) in [6.45, 7) is 3.61. The Labute approximate surface area is 186 Å². The number of nitrogens with zero attached hydrogens (tertiary/aromatic N) is 5. The number of benzene rings is 2. The molecule has 1 amide bonds. The van der Waals surface area contributed by atoms with Gasteiger partial charge in [0, 0.05) is 49.9 Å². The number of fused-ring (bicyclic) bond motifs is 1. The molecule has 1 aliphatic rings. The molecule has 8 heteroatoms. The van der Waals surface area contributed by atoms with Gasteiger partial charge in [-0.2, -0.15) is 0 Å². The summed E-state index contributed by atoms with van der Waals surface area (Å²) in [4.78, 5) is 29.2. The molecule has 31 heavy (non-hydrogen) atoms. The molecule has 7 nitrogen and oxygen atoms in total. The first-order valence-electron chi connectivity index (χ1n) is 10.7. The zero-order chi connectivity index (χ0) is 21.6. The van der Waals surface area contributed by atoms with E-state index in [1.54, 1.807) is 12.1 Å². The van der Waals surface area contributed by atoms with Crippen LogP contribution in [0.4, 0.5) is 5.69 Å². The lowest BCUT2D eigenvalue weighted by Gasteiger charge is -2.36. The zero-order valence-corrected chi connectivity index (χ0v) is 18.2. The molecule has 0 aliphatic carbocycles. The maximum atomic E-state index is 12.5. The molecule has 1 saturated heterocycles. The predicted molar refractivity (Wildman–Crippen MR) is 123 cm³/mol. The Balaban J connectivity index is 1.18. The molecule has 0 radical (unpaired) electrons. The monoisotopic (exact) mass is 439 g/mol. The van der Waals surface area contributed by atoms with Crippen LogP contribution >= 0.6 is 11.6 Å². The Hall–Kier alpha value is -2.93. The second-order valence-electron chi connectivity index (χ2n) is 7.79. The van der Waals surface area contributed by atoms with E-state index in [-0.39, 0.29) is 11.5 Å². The highest BCUT2D eigenvalue weighted by Gasteiger charge is 2.21. The summed E-state index contributed by atoms with van der Waals surface area (Å²) in [5.41, 5.74) is 1.61. The van der Waals surface area contributed by atoms with Gasteiger partial charge in [-0.05, 0) is 43.2 Å². The molecule has 1 fully saturated rings. The van der Waals surface area contributed by atoms with Gasteiger partial charge in [0.2, 0.25) is 5.91 Å². The van der Waals surface area contributed by atoms with Crippen molar-refractivity contribution in [2.75, 3.05) is 31.1 Å². The van der Waals surface area contributed by atoms with Crippen LogP contribution in [-0.4, -0.2) is 52.0 Å². The fraction of sp³-hybridized carbons (Fsp3) is 0.391. The molecular weight excluding hydrogens is 414 g/mol. The minimum absolute atomic E-state index is 0.112. The van der Waals surface area contributed by atoms with Gasteiger partial charge in [0.15, 0.2) is 0 Å². The van der Waals surface area contributed by atoms with E-state index in [0.29, 0.717) is 23.9 Å². The van der Waals surface area contributed by atoms with Crippen molar-refractivity contribution in [1.29, 1.82) is 0 Å². The van der Waals surface area contributed by atoms with Crippen LogP contribution in [-0.2, 0) is 11.3 Å². The number of carbonyl (C=O) groups excluding carboxylic acids is 1. The van der Waals surface area contributed by atoms with E-state index in [4.69, 9.17) is 11.6 Å². The minimum atomic E-state index is -0.112. The van der Waals surface area contributed by atoms with Crippen LogP contribution in [0.5, 0.6) is 0 Å². The Morgan fingerprint density at radius 3 is 2.58 bits per heavy atom. The smallest absolute Gasteiger partial charge is 0.277 e. The number of halogens is 1. The van der Waals surface area contributed by atoms with E-state index in [0.717, 1.165) is 56.2 Å². The third-order valence-corrected chi connectivity index (χ3v) is 5.93. The molecular formula is C23H26ClN5O2. The summed E-state index contributed by atoms with van der Waals surface area (Å²) < 4.78 is 1.42. The fourth-order valence-electron chi connectivity index (χ4n) is 3.93. The van der Waals surface area contributed by atoms with E-state index >= 15 is 0 Å². The van der Waals surface area contributed by atoms with Crippen LogP contribution < -0.4 is 10.5 Å². The van der Waals surface area contributed by atoms with Crippen molar-refractivity contribution < 1.29 is 4.79 Å². The number of rotatable bonds is 7. The standard InChI is InChI=1S/C23H26ClN5O2/c24-18-7-6-8-19(17-18)27-13-15-28(16-14-27)22(30)11-2-1-5-12-29-23(31)20-9-3-4-10-21(20)25-26-29/h3-4,6-10,17H,1-2,5,11-16H2. The molecule has 2 heterocycles. The van der Waals surface area contributed by atoms with Crippen LogP contribution in [0, 0.1) is 0 Å². The van der Waals surface area contributed by atoms with E-state index in [9.17, 15) is 9.59 Å². The lowest BCUT2D eigenvalue weighted by atomic mass is 10.1. The Kier molecular flexibility index (Phi) is 6.82. The highest BCUT2D eigenvalue weighted by atomic mass is 35.5. The molecule has 0 N–H and O–H groups in total. The molecule has 162 valence electrons. The largest absolute Gasteiger partial charge is 0.368 e. The fourth-order valence-corrected chi connectivity index (χ4v) is 4.11. The Morgan fingerprint density at radius 2 is 1.77 bits per heavy atom. The van der Waals surface area contributed by atoms with E-state index in [1.165, 1.54) is 4.68 Å². The van der Waals surface area contributed by atoms with E-state index < -0.39 is 0 Å². The van der Waals surface area contributed by atoms with Crippen LogP contribution in [0.2, 0.25) is 5.02 Å². The molecule has 2 aromatic carbocycles. The SMILES string of the molecule is O=C(CCCCCn1nnc2ccccc2c1=O)N1CCN(c2cccc(Cl)c2)CC1. The van der Waals surface area contributed by atoms with Crippen molar-refractivity contribution in [3.63, 3.8) is 0 Å². The van der Waals surface area contributed by atoms with Gasteiger partial charge in [0.05, 0.1) is 5.39 Å². The second kappa shape index (κ2) is 9.92. The quantitative estimate of drug-likeness (QED) is 0.528. The number of carbonyl (C=O) groups is 1. The van der Waals surface area contributed by atoms with Gasteiger partial charge >= 0.3 is 0 Å². The highest BCUT2D eigenvalue weighted by molar-refractivity contribution is 6.30. The van der Waals surface area contributed by atoms with Gasteiger partial charge in [-0.15, -0.1) is 5.10 Å². The van der Waals surface area contributed by atoms with Crippen molar-refractivity contribution in [2.24, 2.45) is 0 Å².